The van der Waals surface area contributed by atoms with E-state index in [2.05, 4.69) is 5.32 Å². The molecule has 0 bridgehead atoms. The van der Waals surface area contributed by atoms with Crippen LogP contribution < -0.4 is 15.8 Å². The largest absolute Gasteiger partial charge is 0.494 e. The van der Waals surface area contributed by atoms with E-state index in [1.807, 2.05) is 0 Å². The van der Waals surface area contributed by atoms with Crippen molar-refractivity contribution in [1.29, 1.82) is 0 Å². The van der Waals surface area contributed by atoms with Crippen LogP contribution >= 0.6 is 12.4 Å². The topological polar surface area (TPSA) is 73.6 Å². The molecule has 23 heavy (non-hydrogen) atoms. The molecule has 0 radical (unpaired) electrons. The maximum absolute atomic E-state index is 13.6. The number of nitrogens with one attached hydrogen (secondary N) is 1. The van der Waals surface area contributed by atoms with Crippen LogP contribution in [0.5, 0.6) is 5.75 Å². The second-order valence-electron chi connectivity index (χ2n) is 5.57. The van der Waals surface area contributed by atoms with Gasteiger partial charge >= 0.3 is 0 Å². The maximum Gasteiger partial charge on any atom is 0.227 e. The molecular formula is C16H24ClFN2O3. The lowest BCUT2D eigenvalue weighted by molar-refractivity contribution is -0.135. The molecule has 1 amide bonds. The fourth-order valence-corrected chi connectivity index (χ4v) is 2.66. The minimum Gasteiger partial charge on any atom is -0.494 e. The Balaban J connectivity index is 0.00000264. The zero-order valence-corrected chi connectivity index (χ0v) is 14.1. The van der Waals surface area contributed by atoms with Gasteiger partial charge in [-0.3, -0.25) is 4.79 Å². The Kier molecular flexibility index (Phi) is 7.75. The van der Waals surface area contributed by atoms with Crippen molar-refractivity contribution in [3.05, 3.63) is 29.6 Å². The lowest BCUT2D eigenvalue weighted by Gasteiger charge is -2.34. The van der Waals surface area contributed by atoms with Gasteiger partial charge in [-0.2, -0.15) is 0 Å². The van der Waals surface area contributed by atoms with Crippen LogP contribution in [0.1, 0.15) is 18.4 Å². The van der Waals surface area contributed by atoms with Crippen molar-refractivity contribution in [2.24, 2.45) is 11.1 Å². The number of nitrogens with two attached hydrogens (primary N) is 1. The minimum atomic E-state index is -0.524. The van der Waals surface area contributed by atoms with Gasteiger partial charge in [-0.1, -0.05) is 6.07 Å². The average Bonchev–Trinajstić information content (AvgIpc) is 2.55. The van der Waals surface area contributed by atoms with Crippen molar-refractivity contribution in [1.82, 2.24) is 5.32 Å². The van der Waals surface area contributed by atoms with Crippen LogP contribution in [0.2, 0.25) is 0 Å². The molecule has 1 fully saturated rings. The first-order valence-electron chi connectivity index (χ1n) is 7.50. The molecule has 1 aliphatic rings. The molecule has 130 valence electrons. The van der Waals surface area contributed by atoms with Crippen LogP contribution in [0.25, 0.3) is 0 Å². The molecule has 5 nitrogen and oxygen atoms in total. The van der Waals surface area contributed by atoms with E-state index in [-0.39, 0.29) is 24.1 Å². The summed E-state index contributed by atoms with van der Waals surface area (Å²) in [4.78, 5) is 12.4. The van der Waals surface area contributed by atoms with Gasteiger partial charge in [0, 0.05) is 26.3 Å². The molecule has 0 unspecified atom stereocenters. The quantitative estimate of drug-likeness (QED) is 0.821. The zero-order valence-electron chi connectivity index (χ0n) is 13.3. The Morgan fingerprint density at radius 1 is 1.43 bits per heavy atom. The van der Waals surface area contributed by atoms with Crippen LogP contribution in [0, 0.1) is 11.2 Å². The van der Waals surface area contributed by atoms with E-state index >= 15 is 0 Å². The number of rotatable bonds is 6. The highest BCUT2D eigenvalue weighted by Gasteiger charge is 2.38. The van der Waals surface area contributed by atoms with Crippen molar-refractivity contribution < 1.29 is 18.7 Å². The van der Waals surface area contributed by atoms with Crippen molar-refractivity contribution in [3.8, 4) is 5.75 Å². The lowest BCUT2D eigenvalue weighted by Crippen LogP contribution is -2.49. The highest BCUT2D eigenvalue weighted by Crippen LogP contribution is 2.29. The summed E-state index contributed by atoms with van der Waals surface area (Å²) in [5, 5.41) is 2.91. The normalized spacial score (nSPS) is 16.3. The van der Waals surface area contributed by atoms with Crippen molar-refractivity contribution in [3.63, 3.8) is 0 Å². The van der Waals surface area contributed by atoms with E-state index in [0.717, 1.165) is 5.56 Å². The summed E-state index contributed by atoms with van der Waals surface area (Å²) in [6, 6.07) is 4.81. The molecule has 1 aliphatic heterocycles. The molecule has 1 heterocycles. The molecule has 1 saturated heterocycles. The Bertz CT molecular complexity index is 522. The summed E-state index contributed by atoms with van der Waals surface area (Å²) in [6.45, 7) is 1.90. The second kappa shape index (κ2) is 9.05. The van der Waals surface area contributed by atoms with Crippen molar-refractivity contribution in [2.75, 3.05) is 33.4 Å². The predicted octanol–water partition coefficient (Wildman–Crippen LogP) is 1.67. The first kappa shape index (κ1) is 19.7. The van der Waals surface area contributed by atoms with Crippen LogP contribution in [-0.4, -0.2) is 39.3 Å². The number of methoxy groups -OCH3 is 1. The number of ether oxygens (including phenoxy) is 2. The number of benzene rings is 1. The van der Waals surface area contributed by atoms with Crippen LogP contribution in [-0.2, 0) is 16.0 Å². The van der Waals surface area contributed by atoms with Gasteiger partial charge in [-0.15, -0.1) is 12.4 Å². The van der Waals surface area contributed by atoms with E-state index in [1.165, 1.54) is 13.2 Å². The molecule has 0 saturated carbocycles. The Hall–Kier alpha value is -1.37. The number of hydrogen-bond donors (Lipinski definition) is 2. The van der Waals surface area contributed by atoms with Gasteiger partial charge in [0.25, 0.3) is 0 Å². The van der Waals surface area contributed by atoms with Crippen molar-refractivity contribution >= 4 is 18.3 Å². The number of amides is 1. The van der Waals surface area contributed by atoms with Gasteiger partial charge in [-0.05, 0) is 37.0 Å². The number of carbonyl (C=O) groups is 1. The molecule has 2 rings (SSSR count). The van der Waals surface area contributed by atoms with Gasteiger partial charge in [0.1, 0.15) is 0 Å². The summed E-state index contributed by atoms with van der Waals surface area (Å²) in [5.41, 5.74) is 6.08. The van der Waals surface area contributed by atoms with E-state index in [1.54, 1.807) is 12.1 Å². The van der Waals surface area contributed by atoms with E-state index < -0.39 is 11.2 Å². The fraction of sp³-hybridized carbons (Fsp3) is 0.562. The summed E-state index contributed by atoms with van der Waals surface area (Å²) in [6.07, 6.45) is 1.85. The number of halogens is 2. The van der Waals surface area contributed by atoms with Gasteiger partial charge in [0.05, 0.1) is 12.5 Å². The molecule has 0 aromatic heterocycles. The molecule has 0 aliphatic carbocycles. The monoisotopic (exact) mass is 346 g/mol. The molecule has 7 heteroatoms. The first-order valence-corrected chi connectivity index (χ1v) is 7.50. The van der Waals surface area contributed by atoms with Gasteiger partial charge in [0.2, 0.25) is 5.91 Å². The smallest absolute Gasteiger partial charge is 0.227 e. The van der Waals surface area contributed by atoms with Gasteiger partial charge < -0.3 is 20.5 Å². The first-order chi connectivity index (χ1) is 10.6. The molecule has 3 N–H and O–H groups in total. The molecule has 1 aromatic carbocycles. The minimum absolute atomic E-state index is 0. The Morgan fingerprint density at radius 3 is 2.70 bits per heavy atom. The highest BCUT2D eigenvalue weighted by atomic mass is 35.5. The second-order valence-corrected chi connectivity index (χ2v) is 5.57. The summed E-state index contributed by atoms with van der Waals surface area (Å²) in [5.74, 6) is -0.210. The van der Waals surface area contributed by atoms with Crippen LogP contribution in [0.15, 0.2) is 18.2 Å². The lowest BCUT2D eigenvalue weighted by atomic mass is 9.79. The number of hydrogen-bond acceptors (Lipinski definition) is 4. The Morgan fingerprint density at radius 2 is 2.13 bits per heavy atom. The van der Waals surface area contributed by atoms with E-state index in [4.69, 9.17) is 15.2 Å². The maximum atomic E-state index is 13.6. The highest BCUT2D eigenvalue weighted by molar-refractivity contribution is 5.85. The zero-order chi connectivity index (χ0) is 16.0. The third kappa shape index (κ3) is 4.80. The van der Waals surface area contributed by atoms with Crippen LogP contribution in [0.3, 0.4) is 0 Å². The third-order valence-electron chi connectivity index (χ3n) is 4.24. The molecule has 1 aromatic rings. The van der Waals surface area contributed by atoms with Gasteiger partial charge in [0.15, 0.2) is 11.6 Å². The van der Waals surface area contributed by atoms with Crippen molar-refractivity contribution in [2.45, 2.75) is 19.3 Å². The predicted molar refractivity (Wildman–Crippen MR) is 88.5 cm³/mol. The summed E-state index contributed by atoms with van der Waals surface area (Å²) < 4.78 is 23.8. The van der Waals surface area contributed by atoms with E-state index in [9.17, 15) is 9.18 Å². The fourth-order valence-electron chi connectivity index (χ4n) is 2.66. The SMILES string of the molecule is COc1ccc(CCNC(=O)C2(CN)CCOCC2)cc1F.Cl. The summed E-state index contributed by atoms with van der Waals surface area (Å²) in [7, 11) is 1.43. The summed E-state index contributed by atoms with van der Waals surface area (Å²) >= 11 is 0. The molecule has 0 atom stereocenters. The molecule has 0 spiro atoms. The average molecular weight is 347 g/mol. The van der Waals surface area contributed by atoms with Gasteiger partial charge in [-0.25, -0.2) is 4.39 Å². The number of carbonyl (C=O) groups excluding carboxylic acids is 1. The molecular weight excluding hydrogens is 323 g/mol. The third-order valence-corrected chi connectivity index (χ3v) is 4.24. The van der Waals surface area contributed by atoms with E-state index in [0.29, 0.717) is 45.6 Å². The standard InChI is InChI=1S/C16H23FN2O3.ClH/c1-21-14-3-2-12(10-13(14)17)4-7-19-15(20)16(11-18)5-8-22-9-6-16;/h2-3,10H,4-9,11,18H2,1H3,(H,19,20);1H. The Labute approximate surface area is 142 Å². The van der Waals surface area contributed by atoms with Crippen LogP contribution in [0.4, 0.5) is 4.39 Å².